The molecule has 0 aliphatic carbocycles. The highest BCUT2D eigenvalue weighted by Gasteiger charge is 2.06. The minimum atomic E-state index is 0.639. The summed E-state index contributed by atoms with van der Waals surface area (Å²) in [5, 5.41) is 6.70. The molecule has 0 aliphatic heterocycles. The van der Waals surface area contributed by atoms with Crippen molar-refractivity contribution >= 4 is 11.8 Å². The van der Waals surface area contributed by atoms with Crippen molar-refractivity contribution in [3.63, 3.8) is 0 Å². The third kappa shape index (κ3) is 4.80. The highest BCUT2D eigenvalue weighted by Crippen LogP contribution is 2.21. The van der Waals surface area contributed by atoms with Gasteiger partial charge in [0.05, 0.1) is 5.69 Å². The maximum absolute atomic E-state index is 4.68. The average Bonchev–Trinajstić information content (AvgIpc) is 2.66. The van der Waals surface area contributed by atoms with E-state index in [1.807, 2.05) is 24.3 Å². The molecule has 4 nitrogen and oxygen atoms in total. The maximum atomic E-state index is 4.68. The molecular weight excluding hydrogens is 308 g/mol. The fraction of sp³-hybridized carbons (Fsp3) is 0.238. The molecular formula is C21H24N4. The van der Waals surface area contributed by atoms with Crippen LogP contribution in [0.2, 0.25) is 0 Å². The van der Waals surface area contributed by atoms with Gasteiger partial charge in [0, 0.05) is 24.7 Å². The van der Waals surface area contributed by atoms with E-state index in [1.54, 1.807) is 0 Å². The Hall–Kier alpha value is -2.88. The predicted octanol–water partition coefficient (Wildman–Crippen LogP) is 4.89. The molecule has 0 fully saturated rings. The summed E-state index contributed by atoms with van der Waals surface area (Å²) in [6.07, 6.45) is 1.05. The first-order valence-electron chi connectivity index (χ1n) is 8.72. The van der Waals surface area contributed by atoms with E-state index in [2.05, 4.69) is 70.8 Å². The van der Waals surface area contributed by atoms with Crippen LogP contribution in [0.25, 0.3) is 11.3 Å². The molecule has 3 rings (SSSR count). The van der Waals surface area contributed by atoms with Gasteiger partial charge in [-0.05, 0) is 18.9 Å². The SMILES string of the molecule is CCCNc1cc(-c2ccccc2)nc(NCc2ccc(C)cc2)n1. The molecule has 0 amide bonds. The van der Waals surface area contributed by atoms with E-state index in [1.165, 1.54) is 11.1 Å². The Morgan fingerprint density at radius 2 is 1.64 bits per heavy atom. The molecule has 1 aromatic heterocycles. The van der Waals surface area contributed by atoms with E-state index < -0.39 is 0 Å². The van der Waals surface area contributed by atoms with Crippen molar-refractivity contribution in [1.82, 2.24) is 9.97 Å². The molecule has 0 unspecified atom stereocenters. The van der Waals surface area contributed by atoms with Gasteiger partial charge in [0.2, 0.25) is 5.95 Å². The van der Waals surface area contributed by atoms with E-state index in [0.29, 0.717) is 12.5 Å². The predicted molar refractivity (Wildman–Crippen MR) is 105 cm³/mol. The second-order valence-electron chi connectivity index (χ2n) is 6.09. The molecule has 4 heteroatoms. The number of rotatable bonds is 7. The summed E-state index contributed by atoms with van der Waals surface area (Å²) in [5.74, 6) is 1.49. The summed E-state index contributed by atoms with van der Waals surface area (Å²) >= 11 is 0. The van der Waals surface area contributed by atoms with Gasteiger partial charge in [-0.3, -0.25) is 0 Å². The van der Waals surface area contributed by atoms with Gasteiger partial charge in [-0.25, -0.2) is 4.98 Å². The summed E-state index contributed by atoms with van der Waals surface area (Å²) in [6, 6.07) is 20.7. The monoisotopic (exact) mass is 332 g/mol. The fourth-order valence-corrected chi connectivity index (χ4v) is 2.51. The summed E-state index contributed by atoms with van der Waals surface area (Å²) in [7, 11) is 0. The lowest BCUT2D eigenvalue weighted by atomic mass is 10.1. The smallest absolute Gasteiger partial charge is 0.225 e. The normalized spacial score (nSPS) is 10.5. The largest absolute Gasteiger partial charge is 0.370 e. The topological polar surface area (TPSA) is 49.8 Å². The van der Waals surface area contributed by atoms with Crippen molar-refractivity contribution in [1.29, 1.82) is 0 Å². The Bertz CT molecular complexity index is 798. The first-order valence-corrected chi connectivity index (χ1v) is 8.72. The number of anilines is 2. The van der Waals surface area contributed by atoms with Crippen LogP contribution in [0, 0.1) is 6.92 Å². The van der Waals surface area contributed by atoms with Crippen molar-refractivity contribution in [2.45, 2.75) is 26.8 Å². The Kier molecular flexibility index (Phi) is 5.62. The molecule has 0 atom stereocenters. The molecule has 0 radical (unpaired) electrons. The number of benzene rings is 2. The molecule has 25 heavy (non-hydrogen) atoms. The van der Waals surface area contributed by atoms with Crippen molar-refractivity contribution in [2.24, 2.45) is 0 Å². The highest BCUT2D eigenvalue weighted by molar-refractivity contribution is 5.64. The fourth-order valence-electron chi connectivity index (χ4n) is 2.51. The highest BCUT2D eigenvalue weighted by atomic mass is 15.1. The maximum Gasteiger partial charge on any atom is 0.225 e. The average molecular weight is 332 g/mol. The van der Waals surface area contributed by atoms with E-state index in [9.17, 15) is 0 Å². The first-order chi connectivity index (χ1) is 12.2. The van der Waals surface area contributed by atoms with Crippen LogP contribution in [0.1, 0.15) is 24.5 Å². The molecule has 3 aromatic rings. The van der Waals surface area contributed by atoms with Crippen LogP contribution in [0.3, 0.4) is 0 Å². The van der Waals surface area contributed by atoms with Crippen molar-refractivity contribution in [3.8, 4) is 11.3 Å². The second kappa shape index (κ2) is 8.29. The lowest BCUT2D eigenvalue weighted by Gasteiger charge is -2.11. The van der Waals surface area contributed by atoms with E-state index in [0.717, 1.165) is 30.0 Å². The van der Waals surface area contributed by atoms with Crippen LogP contribution < -0.4 is 10.6 Å². The Labute approximate surface area is 149 Å². The summed E-state index contributed by atoms with van der Waals surface area (Å²) in [4.78, 5) is 9.28. The van der Waals surface area contributed by atoms with E-state index >= 15 is 0 Å². The zero-order valence-corrected chi connectivity index (χ0v) is 14.8. The van der Waals surface area contributed by atoms with Gasteiger partial charge in [-0.2, -0.15) is 4.98 Å². The van der Waals surface area contributed by atoms with Crippen LogP contribution >= 0.6 is 0 Å². The van der Waals surface area contributed by atoms with Crippen molar-refractivity contribution < 1.29 is 0 Å². The van der Waals surface area contributed by atoms with Crippen LogP contribution in [0.5, 0.6) is 0 Å². The van der Waals surface area contributed by atoms with Gasteiger partial charge < -0.3 is 10.6 Å². The third-order valence-corrected chi connectivity index (χ3v) is 3.92. The number of nitrogens with one attached hydrogen (secondary N) is 2. The van der Waals surface area contributed by atoms with Gasteiger partial charge in [-0.15, -0.1) is 0 Å². The summed E-state index contributed by atoms with van der Waals surface area (Å²) in [6.45, 7) is 5.83. The Morgan fingerprint density at radius 3 is 2.36 bits per heavy atom. The Balaban J connectivity index is 1.82. The number of aromatic nitrogens is 2. The summed E-state index contributed by atoms with van der Waals surface area (Å²) in [5.41, 5.74) is 4.47. The molecule has 0 saturated heterocycles. The molecule has 2 aromatic carbocycles. The second-order valence-corrected chi connectivity index (χ2v) is 6.09. The van der Waals surface area contributed by atoms with Gasteiger partial charge in [-0.1, -0.05) is 67.1 Å². The standard InChI is InChI=1S/C21H24N4/c1-3-13-22-20-14-19(18-7-5-4-6-8-18)24-21(25-20)23-15-17-11-9-16(2)10-12-17/h4-12,14H,3,13,15H2,1-2H3,(H2,22,23,24,25). The van der Waals surface area contributed by atoms with Crippen LogP contribution in [0.15, 0.2) is 60.7 Å². The lowest BCUT2D eigenvalue weighted by Crippen LogP contribution is -2.08. The van der Waals surface area contributed by atoms with Crippen LogP contribution in [-0.4, -0.2) is 16.5 Å². The van der Waals surface area contributed by atoms with E-state index in [4.69, 9.17) is 0 Å². The zero-order valence-electron chi connectivity index (χ0n) is 14.8. The minimum Gasteiger partial charge on any atom is -0.370 e. The Morgan fingerprint density at radius 1 is 0.880 bits per heavy atom. The van der Waals surface area contributed by atoms with Gasteiger partial charge in [0.25, 0.3) is 0 Å². The zero-order chi connectivity index (χ0) is 17.5. The molecule has 0 bridgehead atoms. The van der Waals surface area contributed by atoms with E-state index in [-0.39, 0.29) is 0 Å². The van der Waals surface area contributed by atoms with Crippen LogP contribution in [0.4, 0.5) is 11.8 Å². The molecule has 1 heterocycles. The van der Waals surface area contributed by atoms with Gasteiger partial charge in [0.1, 0.15) is 5.82 Å². The minimum absolute atomic E-state index is 0.639. The summed E-state index contributed by atoms with van der Waals surface area (Å²) < 4.78 is 0. The molecule has 0 aliphatic rings. The quantitative estimate of drug-likeness (QED) is 0.647. The third-order valence-electron chi connectivity index (χ3n) is 3.92. The van der Waals surface area contributed by atoms with Gasteiger partial charge >= 0.3 is 0 Å². The number of nitrogens with zero attached hydrogens (tertiary/aromatic N) is 2. The number of aryl methyl sites for hydroxylation is 1. The molecule has 0 saturated carbocycles. The molecule has 0 spiro atoms. The first kappa shape index (κ1) is 17.0. The van der Waals surface area contributed by atoms with Crippen LogP contribution in [-0.2, 0) is 6.54 Å². The lowest BCUT2D eigenvalue weighted by molar-refractivity contribution is 0.962. The number of hydrogen-bond donors (Lipinski definition) is 2. The van der Waals surface area contributed by atoms with Crippen molar-refractivity contribution in [2.75, 3.05) is 17.2 Å². The molecule has 128 valence electrons. The number of hydrogen-bond acceptors (Lipinski definition) is 4. The van der Waals surface area contributed by atoms with Gasteiger partial charge in [0.15, 0.2) is 0 Å². The van der Waals surface area contributed by atoms with Crippen molar-refractivity contribution in [3.05, 3.63) is 71.8 Å². The molecule has 2 N–H and O–H groups in total.